The third-order valence-electron chi connectivity index (χ3n) is 5.53. The SMILES string of the molecule is CN1CCN(CCNC(=O)N2CCCC(S(=O)(=O)c3cccc(Cl)c3)C2)CC1. The Morgan fingerprint density at radius 1 is 1.21 bits per heavy atom. The smallest absolute Gasteiger partial charge is 0.317 e. The molecule has 0 saturated carbocycles. The number of amides is 2. The summed E-state index contributed by atoms with van der Waals surface area (Å²) in [5, 5.41) is 2.75. The van der Waals surface area contributed by atoms with Gasteiger partial charge in [0.1, 0.15) is 0 Å². The van der Waals surface area contributed by atoms with Crippen LogP contribution in [0.5, 0.6) is 0 Å². The zero-order valence-corrected chi connectivity index (χ0v) is 17.9. The van der Waals surface area contributed by atoms with Crippen LogP contribution in [0, 0.1) is 0 Å². The third kappa shape index (κ3) is 5.37. The first-order valence-corrected chi connectivity index (χ1v) is 11.7. The van der Waals surface area contributed by atoms with E-state index in [1.807, 2.05) is 0 Å². The van der Waals surface area contributed by atoms with E-state index >= 15 is 0 Å². The number of carbonyl (C=O) groups excluding carboxylic acids is 1. The molecule has 2 amide bonds. The van der Waals surface area contributed by atoms with E-state index < -0.39 is 15.1 Å². The molecule has 9 heteroatoms. The lowest BCUT2D eigenvalue weighted by Gasteiger charge is -2.34. The van der Waals surface area contributed by atoms with E-state index in [4.69, 9.17) is 11.6 Å². The standard InChI is InChI=1S/C19H29ClN4O3S/c1-22-10-12-23(13-11-22)9-7-21-19(25)24-8-3-6-18(15-24)28(26,27)17-5-2-4-16(20)14-17/h2,4-5,14,18H,3,6-13,15H2,1H3,(H,21,25). The zero-order chi connectivity index (χ0) is 20.1. The molecule has 1 aromatic carbocycles. The first-order valence-electron chi connectivity index (χ1n) is 9.79. The monoisotopic (exact) mass is 428 g/mol. The van der Waals surface area contributed by atoms with Crippen molar-refractivity contribution in [3.63, 3.8) is 0 Å². The second-order valence-electron chi connectivity index (χ2n) is 7.59. The topological polar surface area (TPSA) is 73.0 Å². The number of benzene rings is 1. The van der Waals surface area contributed by atoms with Gasteiger partial charge >= 0.3 is 6.03 Å². The maximum Gasteiger partial charge on any atom is 0.317 e. The predicted molar refractivity (Wildman–Crippen MR) is 111 cm³/mol. The number of halogens is 1. The summed E-state index contributed by atoms with van der Waals surface area (Å²) >= 11 is 5.95. The van der Waals surface area contributed by atoms with Gasteiger partial charge in [0, 0.05) is 57.4 Å². The Labute approximate surface area is 172 Å². The van der Waals surface area contributed by atoms with Crippen molar-refractivity contribution in [1.29, 1.82) is 0 Å². The molecular formula is C19H29ClN4O3S. The predicted octanol–water partition coefficient (Wildman–Crippen LogP) is 1.54. The van der Waals surface area contributed by atoms with E-state index in [9.17, 15) is 13.2 Å². The molecule has 0 aromatic heterocycles. The molecule has 1 N–H and O–H groups in total. The molecule has 2 fully saturated rings. The highest BCUT2D eigenvalue weighted by Gasteiger charge is 2.33. The van der Waals surface area contributed by atoms with Crippen molar-refractivity contribution in [2.75, 3.05) is 59.4 Å². The molecule has 0 radical (unpaired) electrons. The summed E-state index contributed by atoms with van der Waals surface area (Å²) in [6.45, 7) is 6.30. The largest absolute Gasteiger partial charge is 0.337 e. The number of rotatable bonds is 5. The summed E-state index contributed by atoms with van der Waals surface area (Å²) < 4.78 is 25.9. The number of urea groups is 1. The van der Waals surface area contributed by atoms with Crippen LogP contribution < -0.4 is 5.32 Å². The normalized spacial score (nSPS) is 22.2. The fourth-order valence-corrected chi connectivity index (χ4v) is 5.77. The zero-order valence-electron chi connectivity index (χ0n) is 16.3. The molecule has 0 spiro atoms. The van der Waals surface area contributed by atoms with Crippen molar-refractivity contribution in [3.05, 3.63) is 29.3 Å². The molecular weight excluding hydrogens is 400 g/mol. The van der Waals surface area contributed by atoms with Crippen molar-refractivity contribution in [2.24, 2.45) is 0 Å². The lowest BCUT2D eigenvalue weighted by Crippen LogP contribution is -2.51. The number of likely N-dealkylation sites (N-methyl/N-ethyl adjacent to an activating group) is 1. The Morgan fingerprint density at radius 3 is 2.68 bits per heavy atom. The van der Waals surface area contributed by atoms with Gasteiger partial charge in [0.2, 0.25) is 0 Å². The average Bonchev–Trinajstić information content (AvgIpc) is 2.69. The Balaban J connectivity index is 1.52. The van der Waals surface area contributed by atoms with Crippen molar-refractivity contribution in [3.8, 4) is 0 Å². The van der Waals surface area contributed by atoms with Gasteiger partial charge in [-0.25, -0.2) is 13.2 Å². The number of piperidine rings is 1. The Hall–Kier alpha value is -1.35. The van der Waals surface area contributed by atoms with Crippen LogP contribution in [0.2, 0.25) is 5.02 Å². The second-order valence-corrected chi connectivity index (χ2v) is 10.3. The average molecular weight is 429 g/mol. The van der Waals surface area contributed by atoms with Gasteiger partial charge in [-0.1, -0.05) is 17.7 Å². The van der Waals surface area contributed by atoms with Gasteiger partial charge in [-0.2, -0.15) is 0 Å². The molecule has 3 rings (SSSR count). The quantitative estimate of drug-likeness (QED) is 0.770. The van der Waals surface area contributed by atoms with Crippen molar-refractivity contribution in [1.82, 2.24) is 20.0 Å². The minimum absolute atomic E-state index is 0.180. The van der Waals surface area contributed by atoms with E-state index in [0.29, 0.717) is 31.0 Å². The Morgan fingerprint density at radius 2 is 1.96 bits per heavy atom. The Bertz CT molecular complexity index is 781. The van der Waals surface area contributed by atoms with Crippen LogP contribution >= 0.6 is 11.6 Å². The lowest BCUT2D eigenvalue weighted by molar-refractivity contribution is 0.151. The molecule has 2 aliphatic heterocycles. The number of carbonyl (C=O) groups is 1. The van der Waals surface area contributed by atoms with Gasteiger partial charge in [0.25, 0.3) is 0 Å². The molecule has 1 unspecified atom stereocenters. The summed E-state index contributed by atoms with van der Waals surface area (Å²) in [5.41, 5.74) is 0. The number of sulfone groups is 1. The number of piperazine rings is 1. The van der Waals surface area contributed by atoms with Crippen LogP contribution in [-0.2, 0) is 9.84 Å². The summed E-state index contributed by atoms with van der Waals surface area (Å²) in [6, 6.07) is 6.16. The molecule has 2 aliphatic rings. The van der Waals surface area contributed by atoms with Crippen LogP contribution in [0.15, 0.2) is 29.2 Å². The van der Waals surface area contributed by atoms with Crippen LogP contribution in [0.25, 0.3) is 0 Å². The molecule has 2 saturated heterocycles. The fourth-order valence-electron chi connectivity index (χ4n) is 3.72. The number of nitrogens with one attached hydrogen (secondary N) is 1. The maximum atomic E-state index is 12.9. The molecule has 0 bridgehead atoms. The molecule has 1 aromatic rings. The summed E-state index contributed by atoms with van der Waals surface area (Å²) in [6.07, 6.45) is 1.23. The summed E-state index contributed by atoms with van der Waals surface area (Å²) in [7, 11) is -1.40. The van der Waals surface area contributed by atoms with Gasteiger partial charge in [0.15, 0.2) is 9.84 Å². The molecule has 156 valence electrons. The molecule has 28 heavy (non-hydrogen) atoms. The Kier molecular flexibility index (Phi) is 7.20. The van der Waals surface area contributed by atoms with Gasteiger partial charge < -0.3 is 15.1 Å². The van der Waals surface area contributed by atoms with Gasteiger partial charge in [-0.3, -0.25) is 4.90 Å². The van der Waals surface area contributed by atoms with E-state index in [1.165, 1.54) is 6.07 Å². The van der Waals surface area contributed by atoms with Crippen molar-refractivity contribution >= 4 is 27.5 Å². The van der Waals surface area contributed by atoms with Crippen LogP contribution in [0.3, 0.4) is 0 Å². The second kappa shape index (κ2) is 9.43. The van der Waals surface area contributed by atoms with E-state index in [-0.39, 0.29) is 17.5 Å². The highest BCUT2D eigenvalue weighted by Crippen LogP contribution is 2.25. The number of likely N-dealkylation sites (tertiary alicyclic amines) is 1. The van der Waals surface area contributed by atoms with E-state index in [0.717, 1.165) is 32.7 Å². The number of hydrogen-bond donors (Lipinski definition) is 1. The minimum atomic E-state index is -3.51. The number of hydrogen-bond acceptors (Lipinski definition) is 5. The third-order valence-corrected chi connectivity index (χ3v) is 7.94. The highest BCUT2D eigenvalue weighted by atomic mass is 35.5. The molecule has 0 aliphatic carbocycles. The van der Waals surface area contributed by atoms with E-state index in [1.54, 1.807) is 23.1 Å². The van der Waals surface area contributed by atoms with Gasteiger partial charge in [-0.05, 0) is 38.1 Å². The molecule has 1 atom stereocenters. The van der Waals surface area contributed by atoms with Crippen LogP contribution in [-0.4, -0.2) is 93.8 Å². The highest BCUT2D eigenvalue weighted by molar-refractivity contribution is 7.92. The summed E-state index contributed by atoms with van der Waals surface area (Å²) in [4.78, 5) is 19.0. The van der Waals surface area contributed by atoms with Gasteiger partial charge in [0.05, 0.1) is 10.1 Å². The van der Waals surface area contributed by atoms with Crippen molar-refractivity contribution < 1.29 is 13.2 Å². The van der Waals surface area contributed by atoms with E-state index in [2.05, 4.69) is 22.2 Å². The first-order chi connectivity index (χ1) is 13.4. The lowest BCUT2D eigenvalue weighted by atomic mass is 10.1. The van der Waals surface area contributed by atoms with Crippen molar-refractivity contribution in [2.45, 2.75) is 23.0 Å². The summed E-state index contributed by atoms with van der Waals surface area (Å²) in [5.74, 6) is 0. The minimum Gasteiger partial charge on any atom is -0.337 e. The fraction of sp³-hybridized carbons (Fsp3) is 0.632. The molecule has 7 nitrogen and oxygen atoms in total. The number of nitrogens with zero attached hydrogens (tertiary/aromatic N) is 3. The van der Waals surface area contributed by atoms with Crippen LogP contribution in [0.4, 0.5) is 4.79 Å². The maximum absolute atomic E-state index is 12.9. The van der Waals surface area contributed by atoms with Gasteiger partial charge in [-0.15, -0.1) is 0 Å². The molecule has 2 heterocycles. The van der Waals surface area contributed by atoms with Crippen LogP contribution in [0.1, 0.15) is 12.8 Å². The first kappa shape index (κ1) is 21.4.